The SMILES string of the molecule is O=C(NCCC(O)c1ccc(F)cc1)c1cnccn1. The van der Waals surface area contributed by atoms with Gasteiger partial charge in [-0.15, -0.1) is 0 Å². The van der Waals surface area contributed by atoms with Gasteiger partial charge in [-0.25, -0.2) is 9.37 Å². The zero-order valence-corrected chi connectivity index (χ0v) is 10.7. The first-order valence-corrected chi connectivity index (χ1v) is 6.14. The molecule has 2 aromatic rings. The molecule has 0 spiro atoms. The van der Waals surface area contributed by atoms with E-state index in [0.717, 1.165) is 0 Å². The monoisotopic (exact) mass is 275 g/mol. The molecule has 1 amide bonds. The third-order valence-corrected chi connectivity index (χ3v) is 2.75. The molecule has 20 heavy (non-hydrogen) atoms. The van der Waals surface area contributed by atoms with Gasteiger partial charge in [0, 0.05) is 18.9 Å². The lowest BCUT2D eigenvalue weighted by Crippen LogP contribution is -2.26. The molecule has 1 atom stereocenters. The summed E-state index contributed by atoms with van der Waals surface area (Å²) in [7, 11) is 0. The second kappa shape index (κ2) is 6.72. The molecule has 0 aliphatic heterocycles. The summed E-state index contributed by atoms with van der Waals surface area (Å²) in [5, 5.41) is 12.5. The second-order valence-corrected chi connectivity index (χ2v) is 4.20. The van der Waals surface area contributed by atoms with Crippen molar-refractivity contribution in [3.63, 3.8) is 0 Å². The van der Waals surface area contributed by atoms with Gasteiger partial charge in [0.1, 0.15) is 11.5 Å². The fourth-order valence-electron chi connectivity index (χ4n) is 1.68. The molecular weight excluding hydrogens is 261 g/mol. The number of rotatable bonds is 5. The highest BCUT2D eigenvalue weighted by molar-refractivity contribution is 5.91. The van der Waals surface area contributed by atoms with Crippen molar-refractivity contribution in [1.29, 1.82) is 0 Å². The highest BCUT2D eigenvalue weighted by Crippen LogP contribution is 2.16. The lowest BCUT2D eigenvalue weighted by Gasteiger charge is -2.11. The van der Waals surface area contributed by atoms with Gasteiger partial charge in [0.25, 0.3) is 5.91 Å². The van der Waals surface area contributed by atoms with Gasteiger partial charge in [-0.05, 0) is 24.1 Å². The average molecular weight is 275 g/mol. The predicted octanol–water partition coefficient (Wildman–Crippen LogP) is 1.47. The molecule has 0 saturated heterocycles. The van der Waals surface area contributed by atoms with Crippen LogP contribution in [-0.2, 0) is 0 Å². The minimum absolute atomic E-state index is 0.226. The molecule has 0 fully saturated rings. The van der Waals surface area contributed by atoms with Crippen molar-refractivity contribution in [2.24, 2.45) is 0 Å². The summed E-state index contributed by atoms with van der Waals surface area (Å²) in [4.78, 5) is 19.3. The zero-order valence-electron chi connectivity index (χ0n) is 10.7. The topological polar surface area (TPSA) is 75.1 Å². The minimum Gasteiger partial charge on any atom is -0.388 e. The Balaban J connectivity index is 1.81. The number of benzene rings is 1. The molecular formula is C14H14FN3O2. The molecule has 1 aromatic carbocycles. The van der Waals surface area contributed by atoms with E-state index in [1.807, 2.05) is 0 Å². The largest absolute Gasteiger partial charge is 0.388 e. The van der Waals surface area contributed by atoms with Crippen molar-refractivity contribution in [2.45, 2.75) is 12.5 Å². The summed E-state index contributed by atoms with van der Waals surface area (Å²) >= 11 is 0. The first kappa shape index (κ1) is 14.1. The lowest BCUT2D eigenvalue weighted by molar-refractivity contribution is 0.0937. The number of hydrogen-bond donors (Lipinski definition) is 2. The van der Waals surface area contributed by atoms with Crippen LogP contribution in [0.1, 0.15) is 28.6 Å². The maximum absolute atomic E-state index is 12.7. The van der Waals surface area contributed by atoms with E-state index in [1.165, 1.54) is 42.9 Å². The van der Waals surface area contributed by atoms with Crippen LogP contribution in [0.4, 0.5) is 4.39 Å². The zero-order chi connectivity index (χ0) is 14.4. The molecule has 0 bridgehead atoms. The molecule has 2 N–H and O–H groups in total. The molecule has 104 valence electrons. The fourth-order valence-corrected chi connectivity index (χ4v) is 1.68. The Hall–Kier alpha value is -2.34. The highest BCUT2D eigenvalue weighted by Gasteiger charge is 2.10. The number of carbonyl (C=O) groups is 1. The Labute approximate surface area is 115 Å². The van der Waals surface area contributed by atoms with Crippen LogP contribution in [0.25, 0.3) is 0 Å². The smallest absolute Gasteiger partial charge is 0.271 e. The number of amides is 1. The van der Waals surface area contributed by atoms with Gasteiger partial charge in [-0.3, -0.25) is 9.78 Å². The Kier molecular flexibility index (Phi) is 4.73. The number of aliphatic hydroxyl groups excluding tert-OH is 1. The molecule has 0 radical (unpaired) electrons. The molecule has 1 unspecified atom stereocenters. The summed E-state index contributed by atoms with van der Waals surface area (Å²) in [5.41, 5.74) is 0.837. The third-order valence-electron chi connectivity index (χ3n) is 2.75. The minimum atomic E-state index is -0.752. The number of carbonyl (C=O) groups excluding carboxylic acids is 1. The standard InChI is InChI=1S/C14H14FN3O2/c15-11-3-1-10(2-4-11)13(19)5-6-18-14(20)12-9-16-7-8-17-12/h1-4,7-9,13,19H,5-6H2,(H,18,20). The van der Waals surface area contributed by atoms with Crippen LogP contribution in [0.2, 0.25) is 0 Å². The number of nitrogens with zero attached hydrogens (tertiary/aromatic N) is 2. The molecule has 2 rings (SSSR count). The number of halogens is 1. The quantitative estimate of drug-likeness (QED) is 0.866. The van der Waals surface area contributed by atoms with Crippen LogP contribution in [0.5, 0.6) is 0 Å². The summed E-state index contributed by atoms with van der Waals surface area (Å²) in [6.07, 6.45) is 3.86. The Morgan fingerprint density at radius 1 is 1.30 bits per heavy atom. The maximum Gasteiger partial charge on any atom is 0.271 e. The lowest BCUT2D eigenvalue weighted by atomic mass is 10.1. The molecule has 0 aliphatic carbocycles. The van der Waals surface area contributed by atoms with Gasteiger partial charge in [0.15, 0.2) is 0 Å². The van der Waals surface area contributed by atoms with E-state index in [0.29, 0.717) is 12.0 Å². The summed E-state index contributed by atoms with van der Waals surface area (Å²) in [5.74, 6) is -0.693. The van der Waals surface area contributed by atoms with E-state index in [4.69, 9.17) is 0 Å². The van der Waals surface area contributed by atoms with Crippen molar-refractivity contribution in [1.82, 2.24) is 15.3 Å². The highest BCUT2D eigenvalue weighted by atomic mass is 19.1. The van der Waals surface area contributed by atoms with Crippen LogP contribution in [0.15, 0.2) is 42.9 Å². The van der Waals surface area contributed by atoms with E-state index in [-0.39, 0.29) is 24.0 Å². The van der Waals surface area contributed by atoms with Crippen LogP contribution in [0.3, 0.4) is 0 Å². The van der Waals surface area contributed by atoms with Gasteiger partial charge in [0.05, 0.1) is 12.3 Å². The third kappa shape index (κ3) is 3.83. The Morgan fingerprint density at radius 2 is 2.05 bits per heavy atom. The average Bonchev–Trinajstić information content (AvgIpc) is 2.48. The molecule has 1 heterocycles. The summed E-state index contributed by atoms with van der Waals surface area (Å²) in [6, 6.07) is 5.61. The molecule has 1 aromatic heterocycles. The van der Waals surface area contributed by atoms with E-state index in [2.05, 4.69) is 15.3 Å². The van der Waals surface area contributed by atoms with Crippen LogP contribution in [0, 0.1) is 5.82 Å². The number of aromatic nitrogens is 2. The predicted molar refractivity (Wildman–Crippen MR) is 70.3 cm³/mol. The molecule has 5 nitrogen and oxygen atoms in total. The van der Waals surface area contributed by atoms with Gasteiger partial charge < -0.3 is 10.4 Å². The van der Waals surface area contributed by atoms with E-state index in [9.17, 15) is 14.3 Å². The van der Waals surface area contributed by atoms with E-state index < -0.39 is 6.10 Å². The van der Waals surface area contributed by atoms with Gasteiger partial charge in [0.2, 0.25) is 0 Å². The summed E-state index contributed by atoms with van der Waals surface area (Å²) in [6.45, 7) is 0.286. The van der Waals surface area contributed by atoms with Crippen molar-refractivity contribution in [2.75, 3.05) is 6.54 Å². The first-order chi connectivity index (χ1) is 9.66. The van der Waals surface area contributed by atoms with E-state index >= 15 is 0 Å². The molecule has 0 saturated carbocycles. The van der Waals surface area contributed by atoms with Crippen molar-refractivity contribution < 1.29 is 14.3 Å². The normalized spacial score (nSPS) is 11.9. The van der Waals surface area contributed by atoms with Crippen LogP contribution in [-0.4, -0.2) is 27.5 Å². The fraction of sp³-hybridized carbons (Fsp3) is 0.214. The van der Waals surface area contributed by atoms with Gasteiger partial charge >= 0.3 is 0 Å². The van der Waals surface area contributed by atoms with Crippen LogP contribution >= 0.6 is 0 Å². The van der Waals surface area contributed by atoms with Crippen molar-refractivity contribution in [3.05, 3.63) is 59.9 Å². The first-order valence-electron chi connectivity index (χ1n) is 6.14. The van der Waals surface area contributed by atoms with E-state index in [1.54, 1.807) is 0 Å². The van der Waals surface area contributed by atoms with Crippen molar-refractivity contribution >= 4 is 5.91 Å². The van der Waals surface area contributed by atoms with Crippen molar-refractivity contribution in [3.8, 4) is 0 Å². The second-order valence-electron chi connectivity index (χ2n) is 4.20. The Morgan fingerprint density at radius 3 is 2.70 bits per heavy atom. The number of hydrogen-bond acceptors (Lipinski definition) is 4. The number of aliphatic hydroxyl groups is 1. The van der Waals surface area contributed by atoms with Gasteiger partial charge in [-0.1, -0.05) is 12.1 Å². The summed E-state index contributed by atoms with van der Waals surface area (Å²) < 4.78 is 12.7. The Bertz CT molecular complexity index is 560. The van der Waals surface area contributed by atoms with Gasteiger partial charge in [-0.2, -0.15) is 0 Å². The molecule has 0 aliphatic rings. The number of nitrogens with one attached hydrogen (secondary N) is 1. The van der Waals surface area contributed by atoms with Crippen LogP contribution < -0.4 is 5.32 Å². The maximum atomic E-state index is 12.7. The molecule has 6 heteroatoms.